The third-order valence-electron chi connectivity index (χ3n) is 3.20. The second-order valence-electron chi connectivity index (χ2n) is 5.85. The molecule has 1 heterocycles. The predicted octanol–water partition coefficient (Wildman–Crippen LogP) is 2.23. The Morgan fingerprint density at radius 3 is 2.53 bits per heavy atom. The lowest BCUT2D eigenvalue weighted by atomic mass is 10.0. The Morgan fingerprint density at radius 1 is 1.53 bits per heavy atom. The van der Waals surface area contributed by atoms with Gasteiger partial charge in [-0.15, -0.1) is 0 Å². The van der Waals surface area contributed by atoms with Gasteiger partial charge in [0.1, 0.15) is 12.5 Å². The molecule has 0 aromatic carbocycles. The molecule has 1 fully saturated rings. The van der Waals surface area contributed by atoms with Gasteiger partial charge in [0.15, 0.2) is 0 Å². The predicted molar refractivity (Wildman–Crippen MR) is 65.7 cm³/mol. The van der Waals surface area contributed by atoms with E-state index in [0.717, 1.165) is 10.9 Å². The number of carbonyl (C=O) groups is 2. The van der Waals surface area contributed by atoms with Gasteiger partial charge >= 0.3 is 6.09 Å². The van der Waals surface area contributed by atoms with Crippen LogP contribution in [0.25, 0.3) is 0 Å². The topological polar surface area (TPSA) is 57.6 Å². The molecular weight excluding hydrogens is 241 g/mol. The zero-order valence-corrected chi connectivity index (χ0v) is 11.5. The lowest BCUT2D eigenvalue weighted by Gasteiger charge is -2.25. The van der Waals surface area contributed by atoms with Gasteiger partial charge in [-0.25, -0.2) is 9.18 Å². The Kier molecular flexibility index (Phi) is 4.29. The van der Waals surface area contributed by atoms with Crippen LogP contribution >= 0.6 is 0 Å². The molecule has 1 rings (SSSR count). The summed E-state index contributed by atoms with van der Waals surface area (Å²) in [4.78, 5) is 22.8. The van der Waals surface area contributed by atoms with Crippen molar-refractivity contribution in [1.82, 2.24) is 4.90 Å². The quantitative estimate of drug-likeness (QED) is 0.623. The first-order valence-electron chi connectivity index (χ1n) is 5.85. The minimum atomic E-state index is -1.35. The van der Waals surface area contributed by atoms with Crippen LogP contribution in [0.4, 0.5) is 9.18 Å². The number of carboxylic acid groups (broad SMARTS) is 1. The molecule has 1 amide bonds. The van der Waals surface area contributed by atoms with Gasteiger partial charge in [-0.1, -0.05) is 25.7 Å². The van der Waals surface area contributed by atoms with Crippen LogP contribution in [-0.4, -0.2) is 49.2 Å². The fraction of sp³-hybridized carbons (Fsp3) is 0.818. The van der Waals surface area contributed by atoms with E-state index >= 15 is 0 Å². The molecule has 1 saturated heterocycles. The third-order valence-corrected chi connectivity index (χ3v) is 4.98. The lowest BCUT2D eigenvalue weighted by molar-refractivity contribution is -0.111. The number of amides is 1. The zero-order valence-electron chi connectivity index (χ0n) is 10.5. The van der Waals surface area contributed by atoms with Crippen molar-refractivity contribution in [2.24, 2.45) is 5.92 Å². The fourth-order valence-corrected chi connectivity index (χ4v) is 3.32. The standard InChI is InChI=1S/C11H20FNO3Si/c1-17(2,3)5-4-9-10(12)8(7-14)6-13(9)11(15)16/h7-10H,4-6H2,1-3H3,(H,15,16)/t8-,9?,10+/m0/s1. The summed E-state index contributed by atoms with van der Waals surface area (Å²) >= 11 is 0. The van der Waals surface area contributed by atoms with E-state index < -0.39 is 32.3 Å². The summed E-state index contributed by atoms with van der Waals surface area (Å²) in [7, 11) is -1.33. The van der Waals surface area contributed by atoms with Crippen LogP contribution in [0.5, 0.6) is 0 Å². The molecule has 0 aromatic rings. The van der Waals surface area contributed by atoms with E-state index in [9.17, 15) is 14.0 Å². The van der Waals surface area contributed by atoms with Gasteiger partial charge in [0.05, 0.1) is 12.0 Å². The van der Waals surface area contributed by atoms with Gasteiger partial charge in [-0.3, -0.25) is 0 Å². The molecule has 3 atom stereocenters. The normalized spacial score (nSPS) is 29.4. The highest BCUT2D eigenvalue weighted by molar-refractivity contribution is 6.76. The third kappa shape index (κ3) is 3.52. The molecule has 0 aromatic heterocycles. The molecule has 17 heavy (non-hydrogen) atoms. The zero-order chi connectivity index (χ0) is 13.2. The first kappa shape index (κ1) is 14.1. The van der Waals surface area contributed by atoms with Gasteiger partial charge in [-0.05, 0) is 6.42 Å². The molecule has 1 N–H and O–H groups in total. The van der Waals surface area contributed by atoms with Crippen LogP contribution in [0.3, 0.4) is 0 Å². The maximum Gasteiger partial charge on any atom is 0.407 e. The summed E-state index contributed by atoms with van der Waals surface area (Å²) in [6.45, 7) is 6.49. The molecule has 0 saturated carbocycles. The van der Waals surface area contributed by atoms with Crippen molar-refractivity contribution in [2.45, 2.75) is 44.3 Å². The highest BCUT2D eigenvalue weighted by Gasteiger charge is 2.44. The van der Waals surface area contributed by atoms with Crippen molar-refractivity contribution in [3.63, 3.8) is 0 Å². The van der Waals surface area contributed by atoms with Gasteiger partial charge in [-0.2, -0.15) is 0 Å². The van der Waals surface area contributed by atoms with E-state index in [4.69, 9.17) is 5.11 Å². The van der Waals surface area contributed by atoms with Gasteiger partial charge in [0, 0.05) is 14.6 Å². The number of rotatable bonds is 4. The van der Waals surface area contributed by atoms with E-state index in [-0.39, 0.29) is 6.54 Å². The van der Waals surface area contributed by atoms with Crippen LogP contribution in [0.2, 0.25) is 25.7 Å². The van der Waals surface area contributed by atoms with Crippen molar-refractivity contribution in [3.05, 3.63) is 0 Å². The highest BCUT2D eigenvalue weighted by Crippen LogP contribution is 2.30. The maximum atomic E-state index is 13.9. The van der Waals surface area contributed by atoms with E-state index in [1.165, 1.54) is 0 Å². The summed E-state index contributed by atoms with van der Waals surface area (Å²) in [5.74, 6) is -0.794. The number of alkyl halides is 1. The molecule has 0 spiro atoms. The summed E-state index contributed by atoms with van der Waals surface area (Å²) in [5, 5.41) is 9.00. The molecule has 1 aliphatic heterocycles. The SMILES string of the molecule is C[Si](C)(C)CCC1[C@H](F)[C@H](C=O)CN1C(=O)O. The first-order chi connectivity index (χ1) is 7.76. The number of aldehydes is 1. The molecule has 0 aliphatic carbocycles. The molecule has 98 valence electrons. The number of halogens is 1. The van der Waals surface area contributed by atoms with Crippen molar-refractivity contribution in [2.75, 3.05) is 6.54 Å². The highest BCUT2D eigenvalue weighted by atomic mass is 28.3. The van der Waals surface area contributed by atoms with Crippen molar-refractivity contribution >= 4 is 20.5 Å². The Hall–Kier alpha value is -0.913. The summed E-state index contributed by atoms with van der Waals surface area (Å²) in [5.41, 5.74) is 0. The van der Waals surface area contributed by atoms with Gasteiger partial charge in [0.2, 0.25) is 0 Å². The smallest absolute Gasteiger partial charge is 0.407 e. The van der Waals surface area contributed by atoms with Crippen LogP contribution in [0.1, 0.15) is 6.42 Å². The molecule has 0 radical (unpaired) electrons. The molecule has 4 nitrogen and oxygen atoms in total. The number of likely N-dealkylation sites (tertiary alicyclic amines) is 1. The van der Waals surface area contributed by atoms with Crippen LogP contribution in [0, 0.1) is 5.92 Å². The molecular formula is C11H20FNO3Si. The Labute approximate surface area is 102 Å². The van der Waals surface area contributed by atoms with E-state index in [0.29, 0.717) is 12.7 Å². The van der Waals surface area contributed by atoms with E-state index in [1.54, 1.807) is 0 Å². The van der Waals surface area contributed by atoms with Gasteiger partial charge < -0.3 is 14.8 Å². The molecule has 6 heteroatoms. The van der Waals surface area contributed by atoms with Crippen molar-refractivity contribution < 1.29 is 19.1 Å². The monoisotopic (exact) mass is 261 g/mol. The second-order valence-corrected chi connectivity index (χ2v) is 11.5. The van der Waals surface area contributed by atoms with E-state index in [2.05, 4.69) is 19.6 Å². The second kappa shape index (κ2) is 5.16. The minimum absolute atomic E-state index is 0.00361. The summed E-state index contributed by atoms with van der Waals surface area (Å²) in [6, 6.07) is 0.224. The molecule has 1 unspecified atom stereocenters. The maximum absolute atomic E-state index is 13.9. The average Bonchev–Trinajstić information content (AvgIpc) is 2.51. The number of hydrogen-bond acceptors (Lipinski definition) is 2. The minimum Gasteiger partial charge on any atom is -0.465 e. The van der Waals surface area contributed by atoms with Crippen molar-refractivity contribution in [1.29, 1.82) is 0 Å². The average molecular weight is 261 g/mol. The van der Waals surface area contributed by atoms with Gasteiger partial charge in [0.25, 0.3) is 0 Å². The fourth-order valence-electron chi connectivity index (χ4n) is 2.15. The lowest BCUT2D eigenvalue weighted by Crippen LogP contribution is -2.39. The Bertz CT molecular complexity index is 306. The number of carbonyl (C=O) groups excluding carboxylic acids is 1. The first-order valence-corrected chi connectivity index (χ1v) is 9.56. The largest absolute Gasteiger partial charge is 0.465 e. The molecule has 0 bridgehead atoms. The number of nitrogens with zero attached hydrogens (tertiary/aromatic N) is 1. The van der Waals surface area contributed by atoms with Crippen LogP contribution in [-0.2, 0) is 4.79 Å². The Morgan fingerprint density at radius 2 is 2.12 bits per heavy atom. The Balaban J connectivity index is 2.71. The van der Waals surface area contributed by atoms with E-state index in [1.807, 2.05) is 0 Å². The number of hydrogen-bond donors (Lipinski definition) is 1. The van der Waals surface area contributed by atoms with Crippen LogP contribution < -0.4 is 0 Å². The summed E-state index contributed by atoms with van der Waals surface area (Å²) < 4.78 is 13.9. The van der Waals surface area contributed by atoms with Crippen molar-refractivity contribution in [3.8, 4) is 0 Å². The van der Waals surface area contributed by atoms with Crippen LogP contribution in [0.15, 0.2) is 0 Å². The summed E-state index contributed by atoms with van der Waals surface area (Å²) in [6.07, 6.45) is -1.42. The molecule has 1 aliphatic rings.